The Hall–Kier alpha value is -2.92. The number of methoxy groups -OCH3 is 1. The molecule has 0 aliphatic heterocycles. The molecule has 0 fully saturated rings. The van der Waals surface area contributed by atoms with Crippen molar-refractivity contribution in [1.82, 2.24) is 4.98 Å². The first-order chi connectivity index (χ1) is 12.7. The molecule has 26 heavy (non-hydrogen) atoms. The fourth-order valence-electron chi connectivity index (χ4n) is 2.70. The molecule has 0 saturated heterocycles. The maximum absolute atomic E-state index is 13.7. The number of halogens is 1. The van der Waals surface area contributed by atoms with Gasteiger partial charge in [-0.05, 0) is 41.8 Å². The first-order valence-electron chi connectivity index (χ1n) is 8.36. The Bertz CT molecular complexity index is 856. The van der Waals surface area contributed by atoms with Crippen LogP contribution in [0.25, 0.3) is 0 Å². The molecule has 1 unspecified atom stereocenters. The van der Waals surface area contributed by atoms with E-state index in [0.717, 1.165) is 11.1 Å². The Kier molecular flexibility index (Phi) is 5.81. The van der Waals surface area contributed by atoms with Gasteiger partial charge in [-0.1, -0.05) is 30.3 Å². The van der Waals surface area contributed by atoms with Crippen molar-refractivity contribution in [2.45, 2.75) is 19.1 Å². The molecule has 0 bridgehead atoms. The van der Waals surface area contributed by atoms with Crippen LogP contribution in [0.5, 0.6) is 11.5 Å². The summed E-state index contributed by atoms with van der Waals surface area (Å²) < 4.78 is 24.9. The predicted octanol–water partition coefficient (Wildman–Crippen LogP) is 4.05. The summed E-state index contributed by atoms with van der Waals surface area (Å²) in [5.41, 5.74) is 8.75. The lowest BCUT2D eigenvalue weighted by atomic mass is 10.0. The molecule has 4 nitrogen and oxygen atoms in total. The lowest BCUT2D eigenvalue weighted by Gasteiger charge is -2.15. The maximum Gasteiger partial charge on any atom is 0.161 e. The SMILES string of the molecule is COc1cc(CC(N)c2cccnc2)ccc1OCc1ccccc1F. The molecule has 3 rings (SSSR count). The molecule has 2 aromatic carbocycles. The van der Waals surface area contributed by atoms with Crippen LogP contribution in [0.1, 0.15) is 22.7 Å². The van der Waals surface area contributed by atoms with Crippen molar-refractivity contribution >= 4 is 0 Å². The Morgan fingerprint density at radius 1 is 1.08 bits per heavy atom. The van der Waals surface area contributed by atoms with Crippen molar-refractivity contribution in [2.75, 3.05) is 7.11 Å². The van der Waals surface area contributed by atoms with Gasteiger partial charge in [0.2, 0.25) is 0 Å². The van der Waals surface area contributed by atoms with E-state index in [9.17, 15) is 4.39 Å². The van der Waals surface area contributed by atoms with Gasteiger partial charge in [-0.25, -0.2) is 4.39 Å². The molecule has 0 amide bonds. The molecule has 1 aromatic heterocycles. The zero-order valence-corrected chi connectivity index (χ0v) is 14.6. The topological polar surface area (TPSA) is 57.4 Å². The summed E-state index contributed by atoms with van der Waals surface area (Å²) >= 11 is 0. The van der Waals surface area contributed by atoms with E-state index >= 15 is 0 Å². The Labute approximate surface area is 152 Å². The van der Waals surface area contributed by atoms with Crippen molar-refractivity contribution < 1.29 is 13.9 Å². The van der Waals surface area contributed by atoms with Crippen LogP contribution in [0.15, 0.2) is 67.0 Å². The molecule has 0 aliphatic carbocycles. The number of nitrogens with zero attached hydrogens (tertiary/aromatic N) is 1. The van der Waals surface area contributed by atoms with E-state index < -0.39 is 0 Å². The van der Waals surface area contributed by atoms with Gasteiger partial charge in [-0.2, -0.15) is 0 Å². The van der Waals surface area contributed by atoms with Crippen molar-refractivity contribution in [3.8, 4) is 11.5 Å². The summed E-state index contributed by atoms with van der Waals surface area (Å²) in [7, 11) is 1.58. The predicted molar refractivity (Wildman–Crippen MR) is 98.6 cm³/mol. The summed E-state index contributed by atoms with van der Waals surface area (Å²) in [4.78, 5) is 4.10. The lowest BCUT2D eigenvalue weighted by Crippen LogP contribution is -2.13. The van der Waals surface area contributed by atoms with E-state index in [4.69, 9.17) is 15.2 Å². The van der Waals surface area contributed by atoms with Crippen LogP contribution in [-0.4, -0.2) is 12.1 Å². The maximum atomic E-state index is 13.7. The van der Waals surface area contributed by atoms with Gasteiger partial charge < -0.3 is 15.2 Å². The van der Waals surface area contributed by atoms with E-state index in [1.54, 1.807) is 37.7 Å². The van der Waals surface area contributed by atoms with E-state index in [2.05, 4.69) is 4.98 Å². The number of benzene rings is 2. The average Bonchev–Trinajstić information content (AvgIpc) is 2.68. The zero-order valence-electron chi connectivity index (χ0n) is 14.6. The minimum Gasteiger partial charge on any atom is -0.493 e. The Balaban J connectivity index is 1.70. The van der Waals surface area contributed by atoms with Gasteiger partial charge in [0.25, 0.3) is 0 Å². The number of rotatable bonds is 7. The monoisotopic (exact) mass is 352 g/mol. The summed E-state index contributed by atoms with van der Waals surface area (Å²) in [5, 5.41) is 0. The third kappa shape index (κ3) is 4.37. The highest BCUT2D eigenvalue weighted by Crippen LogP contribution is 2.30. The van der Waals surface area contributed by atoms with E-state index in [0.29, 0.717) is 23.5 Å². The summed E-state index contributed by atoms with van der Waals surface area (Å²) in [6.45, 7) is 0.136. The third-order valence-electron chi connectivity index (χ3n) is 4.14. The van der Waals surface area contributed by atoms with Gasteiger partial charge in [0.1, 0.15) is 12.4 Å². The van der Waals surface area contributed by atoms with Crippen LogP contribution in [0.3, 0.4) is 0 Å². The number of aromatic nitrogens is 1. The molecule has 1 heterocycles. The number of hydrogen-bond acceptors (Lipinski definition) is 4. The van der Waals surface area contributed by atoms with Crippen LogP contribution < -0.4 is 15.2 Å². The molecule has 5 heteroatoms. The molecule has 2 N–H and O–H groups in total. The second-order valence-corrected chi connectivity index (χ2v) is 5.96. The standard InChI is InChI=1S/C21H21FN2O2/c1-25-21-12-15(11-19(23)16-6-4-10-24-13-16)8-9-20(21)26-14-17-5-2-3-7-18(17)22/h2-10,12-13,19H,11,14,23H2,1H3. The third-order valence-corrected chi connectivity index (χ3v) is 4.14. The van der Waals surface area contributed by atoms with Crippen molar-refractivity contribution in [3.05, 3.63) is 89.5 Å². The largest absolute Gasteiger partial charge is 0.493 e. The van der Waals surface area contributed by atoms with Crippen LogP contribution >= 0.6 is 0 Å². The number of nitrogens with two attached hydrogens (primary N) is 1. The lowest BCUT2D eigenvalue weighted by molar-refractivity contribution is 0.279. The number of hydrogen-bond donors (Lipinski definition) is 1. The Morgan fingerprint density at radius 2 is 1.92 bits per heavy atom. The number of ether oxygens (including phenoxy) is 2. The van der Waals surface area contributed by atoms with Crippen LogP contribution in [-0.2, 0) is 13.0 Å². The molecule has 3 aromatic rings. The van der Waals surface area contributed by atoms with E-state index in [-0.39, 0.29) is 18.5 Å². The first-order valence-corrected chi connectivity index (χ1v) is 8.36. The highest BCUT2D eigenvalue weighted by Gasteiger charge is 2.11. The van der Waals surface area contributed by atoms with Gasteiger partial charge in [-0.15, -0.1) is 0 Å². The van der Waals surface area contributed by atoms with Gasteiger partial charge in [0.05, 0.1) is 7.11 Å². The van der Waals surface area contributed by atoms with Gasteiger partial charge in [0, 0.05) is 24.0 Å². The molecule has 0 aliphatic rings. The highest BCUT2D eigenvalue weighted by atomic mass is 19.1. The number of pyridine rings is 1. The summed E-state index contributed by atoms with van der Waals surface area (Å²) in [5.74, 6) is 0.872. The normalized spacial score (nSPS) is 11.8. The summed E-state index contributed by atoms with van der Waals surface area (Å²) in [6, 6.07) is 15.9. The minimum absolute atomic E-state index is 0.136. The van der Waals surface area contributed by atoms with Crippen LogP contribution in [0.2, 0.25) is 0 Å². The molecule has 0 spiro atoms. The van der Waals surface area contributed by atoms with Crippen LogP contribution in [0.4, 0.5) is 4.39 Å². The zero-order chi connectivity index (χ0) is 18.4. The van der Waals surface area contributed by atoms with Crippen molar-refractivity contribution in [1.29, 1.82) is 0 Å². The van der Waals surface area contributed by atoms with Crippen LogP contribution in [0, 0.1) is 5.82 Å². The van der Waals surface area contributed by atoms with Crippen molar-refractivity contribution in [3.63, 3.8) is 0 Å². The highest BCUT2D eigenvalue weighted by molar-refractivity contribution is 5.43. The quantitative estimate of drug-likeness (QED) is 0.697. The molecular weight excluding hydrogens is 331 g/mol. The molecule has 1 atom stereocenters. The van der Waals surface area contributed by atoms with E-state index in [1.807, 2.05) is 30.3 Å². The average molecular weight is 352 g/mol. The fourth-order valence-corrected chi connectivity index (χ4v) is 2.70. The first kappa shape index (κ1) is 17.9. The fraction of sp³-hybridized carbons (Fsp3) is 0.190. The minimum atomic E-state index is -0.287. The van der Waals surface area contributed by atoms with E-state index in [1.165, 1.54) is 6.07 Å². The molecule has 0 radical (unpaired) electrons. The van der Waals surface area contributed by atoms with Gasteiger partial charge in [-0.3, -0.25) is 4.98 Å². The smallest absolute Gasteiger partial charge is 0.161 e. The Morgan fingerprint density at radius 3 is 2.65 bits per heavy atom. The molecule has 0 saturated carbocycles. The van der Waals surface area contributed by atoms with Crippen molar-refractivity contribution in [2.24, 2.45) is 5.73 Å². The van der Waals surface area contributed by atoms with Gasteiger partial charge in [0.15, 0.2) is 11.5 Å². The second-order valence-electron chi connectivity index (χ2n) is 5.96. The molecular formula is C21H21FN2O2. The summed E-state index contributed by atoms with van der Waals surface area (Å²) in [6.07, 6.45) is 4.14. The second kappa shape index (κ2) is 8.45. The van der Waals surface area contributed by atoms with Gasteiger partial charge >= 0.3 is 0 Å². The molecule has 134 valence electrons.